The van der Waals surface area contributed by atoms with Crippen LogP contribution < -0.4 is 5.32 Å². The van der Waals surface area contributed by atoms with Gasteiger partial charge in [-0.2, -0.15) is 5.26 Å². The van der Waals surface area contributed by atoms with Crippen LogP contribution in [0.1, 0.15) is 57.6 Å². The van der Waals surface area contributed by atoms with Crippen LogP contribution in [-0.2, 0) is 0 Å². The first-order chi connectivity index (χ1) is 9.33. The topological polar surface area (TPSA) is 61.6 Å². The van der Waals surface area contributed by atoms with E-state index in [9.17, 15) is 0 Å². The van der Waals surface area contributed by atoms with Crippen LogP contribution in [0.25, 0.3) is 0 Å². The van der Waals surface area contributed by atoms with E-state index in [1.54, 1.807) is 12.4 Å². The summed E-state index contributed by atoms with van der Waals surface area (Å²) in [5.74, 6) is 1.54. The standard InChI is InChI=1S/C15H22N4/c1-2-3-4-12-5-7-13(8-6-12)19-15-14(11-16)17-9-10-18-15/h9-10,12-13H,2-8H2,1H3,(H,18,19). The molecular formula is C15H22N4. The van der Waals surface area contributed by atoms with Crippen LogP contribution in [0.2, 0.25) is 0 Å². The fourth-order valence-electron chi connectivity index (χ4n) is 2.81. The average molecular weight is 258 g/mol. The third-order valence-electron chi connectivity index (χ3n) is 3.96. The lowest BCUT2D eigenvalue weighted by atomic mass is 9.83. The fourth-order valence-corrected chi connectivity index (χ4v) is 2.81. The molecule has 102 valence electrons. The summed E-state index contributed by atoms with van der Waals surface area (Å²) in [7, 11) is 0. The fraction of sp³-hybridized carbons (Fsp3) is 0.667. The van der Waals surface area contributed by atoms with Gasteiger partial charge < -0.3 is 5.32 Å². The van der Waals surface area contributed by atoms with E-state index in [4.69, 9.17) is 5.26 Å². The van der Waals surface area contributed by atoms with Gasteiger partial charge in [-0.25, -0.2) is 9.97 Å². The molecule has 1 saturated carbocycles. The first-order valence-corrected chi connectivity index (χ1v) is 7.31. The van der Waals surface area contributed by atoms with E-state index in [1.807, 2.05) is 0 Å². The van der Waals surface area contributed by atoms with Gasteiger partial charge in [0.25, 0.3) is 0 Å². The first kappa shape index (κ1) is 13.8. The molecule has 0 aliphatic heterocycles. The van der Waals surface area contributed by atoms with E-state index in [2.05, 4.69) is 28.3 Å². The monoisotopic (exact) mass is 258 g/mol. The Morgan fingerprint density at radius 2 is 2.00 bits per heavy atom. The zero-order valence-corrected chi connectivity index (χ0v) is 11.6. The summed E-state index contributed by atoms with van der Waals surface area (Å²) >= 11 is 0. The third kappa shape index (κ3) is 3.92. The Morgan fingerprint density at radius 3 is 2.68 bits per heavy atom. The molecule has 4 heteroatoms. The lowest BCUT2D eigenvalue weighted by Gasteiger charge is -2.29. The Morgan fingerprint density at radius 1 is 1.26 bits per heavy atom. The molecular weight excluding hydrogens is 236 g/mol. The zero-order chi connectivity index (χ0) is 13.5. The van der Waals surface area contributed by atoms with Crippen LogP contribution in [0, 0.1) is 17.2 Å². The van der Waals surface area contributed by atoms with Crippen LogP contribution in [0.3, 0.4) is 0 Å². The highest BCUT2D eigenvalue weighted by molar-refractivity contribution is 5.47. The van der Waals surface area contributed by atoms with Gasteiger partial charge in [-0.05, 0) is 31.6 Å². The molecule has 0 spiro atoms. The van der Waals surface area contributed by atoms with Gasteiger partial charge >= 0.3 is 0 Å². The van der Waals surface area contributed by atoms with E-state index in [1.165, 1.54) is 44.9 Å². The van der Waals surface area contributed by atoms with Gasteiger partial charge in [0.05, 0.1) is 0 Å². The molecule has 0 atom stereocenters. The first-order valence-electron chi connectivity index (χ1n) is 7.31. The molecule has 0 amide bonds. The highest BCUT2D eigenvalue weighted by Gasteiger charge is 2.21. The summed E-state index contributed by atoms with van der Waals surface area (Å²) in [6.07, 6.45) is 12.2. The van der Waals surface area contributed by atoms with Crippen LogP contribution in [0.4, 0.5) is 5.82 Å². The number of anilines is 1. The van der Waals surface area contributed by atoms with Crippen molar-refractivity contribution in [3.63, 3.8) is 0 Å². The van der Waals surface area contributed by atoms with Crippen LogP contribution in [0.15, 0.2) is 12.4 Å². The molecule has 1 aliphatic carbocycles. The van der Waals surface area contributed by atoms with Crippen molar-refractivity contribution in [3.8, 4) is 6.07 Å². The minimum atomic E-state index is 0.399. The highest BCUT2D eigenvalue weighted by atomic mass is 15.0. The van der Waals surface area contributed by atoms with E-state index in [0.29, 0.717) is 17.6 Å². The van der Waals surface area contributed by atoms with E-state index in [-0.39, 0.29) is 0 Å². The summed E-state index contributed by atoms with van der Waals surface area (Å²) in [6.45, 7) is 2.25. The van der Waals surface area contributed by atoms with Crippen molar-refractivity contribution in [2.24, 2.45) is 5.92 Å². The molecule has 0 bridgehead atoms. The Hall–Kier alpha value is -1.63. The molecule has 1 aromatic rings. The molecule has 2 rings (SSSR count). The van der Waals surface area contributed by atoms with Crippen molar-refractivity contribution >= 4 is 5.82 Å². The molecule has 1 aliphatic rings. The predicted molar refractivity (Wildman–Crippen MR) is 75.6 cm³/mol. The van der Waals surface area contributed by atoms with Crippen molar-refractivity contribution in [3.05, 3.63) is 18.1 Å². The SMILES string of the molecule is CCCCC1CCC(Nc2nccnc2C#N)CC1. The summed E-state index contributed by atoms with van der Waals surface area (Å²) in [4.78, 5) is 8.25. The largest absolute Gasteiger partial charge is 0.365 e. The van der Waals surface area contributed by atoms with Crippen molar-refractivity contribution in [2.45, 2.75) is 57.9 Å². The van der Waals surface area contributed by atoms with E-state index < -0.39 is 0 Å². The second kappa shape index (κ2) is 7.08. The quantitative estimate of drug-likeness (QED) is 0.878. The number of unbranched alkanes of at least 4 members (excludes halogenated alkanes) is 1. The molecule has 0 aromatic carbocycles. The molecule has 0 unspecified atom stereocenters. The molecule has 4 nitrogen and oxygen atoms in total. The number of nitrogens with one attached hydrogen (secondary N) is 1. The summed E-state index contributed by atoms with van der Waals surface area (Å²) in [5, 5.41) is 12.4. The lowest BCUT2D eigenvalue weighted by molar-refractivity contribution is 0.314. The highest BCUT2D eigenvalue weighted by Crippen LogP contribution is 2.29. The number of hydrogen-bond acceptors (Lipinski definition) is 4. The maximum Gasteiger partial charge on any atom is 0.182 e. The van der Waals surface area contributed by atoms with Crippen molar-refractivity contribution < 1.29 is 0 Å². The molecule has 0 radical (unpaired) electrons. The van der Waals surface area contributed by atoms with Crippen molar-refractivity contribution in [2.75, 3.05) is 5.32 Å². The van der Waals surface area contributed by atoms with Gasteiger partial charge in [0.15, 0.2) is 11.5 Å². The predicted octanol–water partition coefficient (Wildman–Crippen LogP) is 3.51. The van der Waals surface area contributed by atoms with Crippen LogP contribution >= 0.6 is 0 Å². The van der Waals surface area contributed by atoms with E-state index in [0.717, 1.165) is 5.92 Å². The second-order valence-corrected chi connectivity index (χ2v) is 5.37. The Bertz CT molecular complexity index is 430. The molecule has 1 fully saturated rings. The number of hydrogen-bond donors (Lipinski definition) is 1. The molecule has 1 heterocycles. The Kier molecular flexibility index (Phi) is 5.14. The maximum absolute atomic E-state index is 8.99. The number of rotatable bonds is 5. The number of nitrogens with zero attached hydrogens (tertiary/aromatic N) is 3. The summed E-state index contributed by atoms with van der Waals surface area (Å²) in [5.41, 5.74) is 0.399. The smallest absolute Gasteiger partial charge is 0.182 e. The van der Waals surface area contributed by atoms with Gasteiger partial charge in [0.1, 0.15) is 6.07 Å². The third-order valence-corrected chi connectivity index (χ3v) is 3.96. The van der Waals surface area contributed by atoms with Crippen molar-refractivity contribution in [1.82, 2.24) is 9.97 Å². The minimum Gasteiger partial charge on any atom is -0.365 e. The molecule has 19 heavy (non-hydrogen) atoms. The average Bonchev–Trinajstić information content (AvgIpc) is 2.47. The van der Waals surface area contributed by atoms with Gasteiger partial charge in [0.2, 0.25) is 0 Å². The van der Waals surface area contributed by atoms with Gasteiger partial charge in [0, 0.05) is 18.4 Å². The van der Waals surface area contributed by atoms with Gasteiger partial charge in [-0.1, -0.05) is 26.2 Å². The van der Waals surface area contributed by atoms with E-state index >= 15 is 0 Å². The van der Waals surface area contributed by atoms with Gasteiger partial charge in [-0.15, -0.1) is 0 Å². The second-order valence-electron chi connectivity index (χ2n) is 5.37. The molecule has 1 N–H and O–H groups in total. The summed E-state index contributed by atoms with van der Waals surface area (Å²) < 4.78 is 0. The van der Waals surface area contributed by atoms with Crippen LogP contribution in [-0.4, -0.2) is 16.0 Å². The minimum absolute atomic E-state index is 0.399. The summed E-state index contributed by atoms with van der Waals surface area (Å²) in [6, 6.07) is 2.53. The maximum atomic E-state index is 8.99. The number of aromatic nitrogens is 2. The number of nitriles is 1. The normalized spacial score (nSPS) is 22.7. The van der Waals surface area contributed by atoms with Gasteiger partial charge in [-0.3, -0.25) is 0 Å². The Labute approximate surface area is 115 Å². The molecule has 0 saturated heterocycles. The van der Waals surface area contributed by atoms with Crippen molar-refractivity contribution in [1.29, 1.82) is 5.26 Å². The zero-order valence-electron chi connectivity index (χ0n) is 11.6. The lowest BCUT2D eigenvalue weighted by Crippen LogP contribution is -2.27. The Balaban J connectivity index is 1.84. The van der Waals surface area contributed by atoms with Crippen LogP contribution in [0.5, 0.6) is 0 Å². The molecule has 1 aromatic heterocycles.